The fourth-order valence-corrected chi connectivity index (χ4v) is 2.68. The molecule has 0 unspecified atom stereocenters. The molecular formula is C16H14N6O3. The molecule has 0 saturated heterocycles. The third kappa shape index (κ3) is 2.51. The van der Waals surface area contributed by atoms with E-state index in [4.69, 9.17) is 4.42 Å². The zero-order chi connectivity index (χ0) is 17.4. The number of nitrogens with zero attached hydrogens (tertiary/aromatic N) is 4. The number of hydrogen-bond donors (Lipinski definition) is 3. The number of benzene rings is 1. The van der Waals surface area contributed by atoms with Crippen LogP contribution in [0.25, 0.3) is 22.4 Å². The van der Waals surface area contributed by atoms with Gasteiger partial charge in [0.1, 0.15) is 29.0 Å². The summed E-state index contributed by atoms with van der Waals surface area (Å²) in [4.78, 5) is 12.5. The summed E-state index contributed by atoms with van der Waals surface area (Å²) < 4.78 is 6.99. The standard InChI is InChI=1S/C16H14N6O3/c1-22-11(5-6-18-22)15-10(19-21-20-15)7-17-16(24)9-8-25-13-4-2-3-12(23)14(9)13/h2-6,8,23H,7H2,1H3,(H,17,24)(H,19,20,21). The molecule has 9 nitrogen and oxygen atoms in total. The lowest BCUT2D eigenvalue weighted by Crippen LogP contribution is -2.23. The molecule has 4 rings (SSSR count). The molecule has 0 spiro atoms. The SMILES string of the molecule is Cn1nccc1-c1n[nH]nc1CNC(=O)c1coc2cccc(O)c12. The van der Waals surface area contributed by atoms with Gasteiger partial charge in [0.2, 0.25) is 0 Å². The number of phenolic OH excluding ortho intramolecular Hbond substituents is 1. The van der Waals surface area contributed by atoms with Gasteiger partial charge in [-0.3, -0.25) is 9.48 Å². The van der Waals surface area contributed by atoms with Gasteiger partial charge in [0.25, 0.3) is 5.91 Å². The van der Waals surface area contributed by atoms with Crippen molar-refractivity contribution in [3.8, 4) is 17.1 Å². The molecule has 3 N–H and O–H groups in total. The molecule has 0 aliphatic rings. The Balaban J connectivity index is 1.57. The smallest absolute Gasteiger partial charge is 0.255 e. The van der Waals surface area contributed by atoms with E-state index in [2.05, 4.69) is 25.8 Å². The van der Waals surface area contributed by atoms with Crippen molar-refractivity contribution in [2.45, 2.75) is 6.54 Å². The summed E-state index contributed by atoms with van der Waals surface area (Å²) in [5.74, 6) is -0.382. The number of aryl methyl sites for hydroxylation is 1. The predicted octanol–water partition coefficient (Wildman–Crippen LogP) is 1.59. The molecule has 0 saturated carbocycles. The quantitative estimate of drug-likeness (QED) is 0.519. The number of aromatic hydroxyl groups is 1. The summed E-state index contributed by atoms with van der Waals surface area (Å²) >= 11 is 0. The van der Waals surface area contributed by atoms with Crippen molar-refractivity contribution in [2.24, 2.45) is 7.05 Å². The van der Waals surface area contributed by atoms with Crippen LogP contribution >= 0.6 is 0 Å². The molecule has 1 amide bonds. The lowest BCUT2D eigenvalue weighted by atomic mass is 10.1. The van der Waals surface area contributed by atoms with Crippen molar-refractivity contribution in [2.75, 3.05) is 0 Å². The fraction of sp³-hybridized carbons (Fsp3) is 0.125. The molecule has 1 aromatic carbocycles. The highest BCUT2D eigenvalue weighted by Gasteiger charge is 2.18. The minimum Gasteiger partial charge on any atom is -0.507 e. The van der Waals surface area contributed by atoms with Gasteiger partial charge in [-0.15, -0.1) is 0 Å². The van der Waals surface area contributed by atoms with E-state index in [1.807, 2.05) is 6.07 Å². The number of fused-ring (bicyclic) bond motifs is 1. The monoisotopic (exact) mass is 338 g/mol. The van der Waals surface area contributed by atoms with Crippen molar-refractivity contribution < 1.29 is 14.3 Å². The molecule has 0 bridgehead atoms. The van der Waals surface area contributed by atoms with Gasteiger partial charge in [0.15, 0.2) is 0 Å². The molecule has 0 atom stereocenters. The molecule has 25 heavy (non-hydrogen) atoms. The second kappa shape index (κ2) is 5.78. The number of hydrogen-bond acceptors (Lipinski definition) is 6. The van der Waals surface area contributed by atoms with Gasteiger partial charge in [-0.2, -0.15) is 20.5 Å². The Kier molecular flexibility index (Phi) is 3.46. The van der Waals surface area contributed by atoms with Crippen LogP contribution in [0, 0.1) is 0 Å². The number of rotatable bonds is 4. The predicted molar refractivity (Wildman–Crippen MR) is 87.6 cm³/mol. The van der Waals surface area contributed by atoms with Crippen molar-refractivity contribution in [1.82, 2.24) is 30.5 Å². The first-order valence-corrected chi connectivity index (χ1v) is 7.50. The molecule has 9 heteroatoms. The number of carbonyl (C=O) groups is 1. The van der Waals surface area contributed by atoms with E-state index in [1.165, 1.54) is 12.3 Å². The summed E-state index contributed by atoms with van der Waals surface area (Å²) in [6.45, 7) is 0.163. The maximum absolute atomic E-state index is 12.5. The second-order valence-electron chi connectivity index (χ2n) is 5.44. The zero-order valence-electron chi connectivity index (χ0n) is 13.2. The summed E-state index contributed by atoms with van der Waals surface area (Å²) in [7, 11) is 1.80. The Morgan fingerprint density at radius 1 is 1.36 bits per heavy atom. The van der Waals surface area contributed by atoms with Gasteiger partial charge >= 0.3 is 0 Å². The molecule has 3 aromatic heterocycles. The van der Waals surface area contributed by atoms with E-state index >= 15 is 0 Å². The number of aromatic nitrogens is 5. The van der Waals surface area contributed by atoms with Crippen molar-refractivity contribution in [1.29, 1.82) is 0 Å². The third-order valence-electron chi connectivity index (χ3n) is 3.92. The van der Waals surface area contributed by atoms with Crippen LogP contribution in [0.3, 0.4) is 0 Å². The van der Waals surface area contributed by atoms with Gasteiger partial charge < -0.3 is 14.8 Å². The highest BCUT2D eigenvalue weighted by Crippen LogP contribution is 2.29. The summed E-state index contributed by atoms with van der Waals surface area (Å²) in [5, 5.41) is 28.0. The van der Waals surface area contributed by atoms with Crippen LogP contribution in [-0.2, 0) is 13.6 Å². The first-order chi connectivity index (χ1) is 12.1. The Bertz CT molecular complexity index is 1060. The fourth-order valence-electron chi connectivity index (χ4n) is 2.68. The topological polar surface area (TPSA) is 122 Å². The van der Waals surface area contributed by atoms with Crippen LogP contribution in [0.15, 0.2) is 41.1 Å². The van der Waals surface area contributed by atoms with E-state index < -0.39 is 0 Å². The number of aromatic amines is 1. The lowest BCUT2D eigenvalue weighted by molar-refractivity contribution is 0.0951. The molecular weight excluding hydrogens is 324 g/mol. The van der Waals surface area contributed by atoms with Crippen LogP contribution in [0.4, 0.5) is 0 Å². The van der Waals surface area contributed by atoms with Crippen molar-refractivity contribution >= 4 is 16.9 Å². The van der Waals surface area contributed by atoms with Crippen LogP contribution < -0.4 is 5.32 Å². The molecule has 4 aromatic rings. The molecule has 0 aliphatic heterocycles. The summed E-state index contributed by atoms with van der Waals surface area (Å²) in [6.07, 6.45) is 2.98. The number of phenols is 1. The summed E-state index contributed by atoms with van der Waals surface area (Å²) in [6, 6.07) is 6.65. The maximum atomic E-state index is 12.5. The highest BCUT2D eigenvalue weighted by atomic mass is 16.3. The van der Waals surface area contributed by atoms with Crippen molar-refractivity contribution in [3.05, 3.63) is 48.0 Å². The summed E-state index contributed by atoms with van der Waals surface area (Å²) in [5.41, 5.74) is 2.68. The first-order valence-electron chi connectivity index (χ1n) is 7.50. The average Bonchev–Trinajstić information content (AvgIpc) is 3.31. The Labute approximate surface area is 141 Å². The largest absolute Gasteiger partial charge is 0.507 e. The van der Waals surface area contributed by atoms with E-state index in [1.54, 1.807) is 30.1 Å². The maximum Gasteiger partial charge on any atom is 0.255 e. The Hall–Kier alpha value is -3.62. The average molecular weight is 338 g/mol. The van der Waals surface area contributed by atoms with Gasteiger partial charge in [-0.1, -0.05) is 6.07 Å². The van der Waals surface area contributed by atoms with Crippen LogP contribution in [0.5, 0.6) is 5.75 Å². The molecule has 0 fully saturated rings. The van der Waals surface area contributed by atoms with E-state index in [-0.39, 0.29) is 23.8 Å². The van der Waals surface area contributed by atoms with Gasteiger partial charge in [-0.25, -0.2) is 0 Å². The van der Waals surface area contributed by atoms with Crippen LogP contribution in [-0.4, -0.2) is 36.2 Å². The Morgan fingerprint density at radius 2 is 2.24 bits per heavy atom. The Morgan fingerprint density at radius 3 is 3.04 bits per heavy atom. The number of carbonyl (C=O) groups excluding carboxylic acids is 1. The molecule has 0 aliphatic carbocycles. The normalized spacial score (nSPS) is 11.1. The zero-order valence-corrected chi connectivity index (χ0v) is 13.2. The van der Waals surface area contributed by atoms with Crippen LogP contribution in [0.1, 0.15) is 16.1 Å². The van der Waals surface area contributed by atoms with Gasteiger partial charge in [0, 0.05) is 13.2 Å². The van der Waals surface area contributed by atoms with Gasteiger partial charge in [0.05, 0.1) is 23.2 Å². The van der Waals surface area contributed by atoms with Gasteiger partial charge in [-0.05, 0) is 18.2 Å². The molecule has 126 valence electrons. The minimum atomic E-state index is -0.376. The number of H-pyrrole nitrogens is 1. The first kappa shape index (κ1) is 14.9. The lowest BCUT2D eigenvalue weighted by Gasteiger charge is -2.04. The van der Waals surface area contributed by atoms with E-state index in [0.717, 1.165) is 5.69 Å². The van der Waals surface area contributed by atoms with E-state index in [9.17, 15) is 9.90 Å². The second-order valence-corrected chi connectivity index (χ2v) is 5.44. The molecule has 3 heterocycles. The number of nitrogens with one attached hydrogen (secondary N) is 2. The molecule has 0 radical (unpaired) electrons. The minimum absolute atomic E-state index is 0.00610. The van der Waals surface area contributed by atoms with Crippen molar-refractivity contribution in [3.63, 3.8) is 0 Å². The number of furan rings is 1. The third-order valence-corrected chi connectivity index (χ3v) is 3.92. The number of amides is 1. The van der Waals surface area contributed by atoms with Crippen LogP contribution in [0.2, 0.25) is 0 Å². The highest BCUT2D eigenvalue weighted by molar-refractivity contribution is 6.08. The van der Waals surface area contributed by atoms with E-state index in [0.29, 0.717) is 22.4 Å².